The van der Waals surface area contributed by atoms with E-state index in [1.54, 1.807) is 0 Å². The zero-order chi connectivity index (χ0) is 92.6. The number of hydrogen-bond acceptors (Lipinski definition) is 20. The van der Waals surface area contributed by atoms with Gasteiger partial charge in [-0.25, -0.2) is 0 Å². The van der Waals surface area contributed by atoms with Crippen LogP contribution in [0.1, 0.15) is 250 Å². The molecule has 0 atom stereocenters. The van der Waals surface area contributed by atoms with Gasteiger partial charge in [-0.05, 0) is 260 Å². The van der Waals surface area contributed by atoms with Gasteiger partial charge in [0.25, 0.3) is 0 Å². The largest absolute Gasteiger partial charge is 0.494 e. The molecule has 0 fully saturated rings. The average Bonchev–Trinajstić information content (AvgIpc) is 0.786. The van der Waals surface area contributed by atoms with Crippen molar-refractivity contribution in [2.24, 2.45) is 0 Å². The molecule has 0 unspecified atom stereocenters. The van der Waals surface area contributed by atoms with Crippen LogP contribution < -0.4 is 94.7 Å². The Balaban J connectivity index is 1.09. The van der Waals surface area contributed by atoms with Crippen molar-refractivity contribution in [3.8, 4) is 115 Å². The zero-order valence-corrected chi connectivity index (χ0v) is 80.9. The van der Waals surface area contributed by atoms with E-state index in [1.165, 1.54) is 0 Å². The molecule has 130 heavy (non-hydrogen) atoms. The quantitative estimate of drug-likeness (QED) is 0.0353. The first-order chi connectivity index (χ1) is 63.5. The lowest BCUT2D eigenvalue weighted by atomic mass is 9.92. The Kier molecular flexibility index (Phi) is 37.9. The first-order valence-electron chi connectivity index (χ1n) is 47.6. The summed E-state index contributed by atoms with van der Waals surface area (Å²) in [5.41, 5.74) is 18.5. The van der Waals surface area contributed by atoms with E-state index in [2.05, 4.69) is 121 Å². The van der Waals surface area contributed by atoms with E-state index in [-0.39, 0.29) is 0 Å². The van der Waals surface area contributed by atoms with Crippen LogP contribution in [0.25, 0.3) is 0 Å². The van der Waals surface area contributed by atoms with Crippen LogP contribution >= 0.6 is 0 Å². The standard InChI is InChI=1S/C110H140O20/c1-21-111-91-51-72-42-74-54-96(116-26-6)76(56-95(74)115-25-5)44-78-58-100(120-30-10)80(60-99(78)119-29-9)46-82-62-104(124-34-14)84(64-103(82)123-33-13)48-86-66-108(128-38-18)88(68-107(86)127-37-17)50-90-70-109(129-39-19)89(69-110(90)130-40-20)49-87-67-105(125-35-15)85(65-106(87)126-36-16)47-83-63-101(121-31-11)81(61-102(83)122-32-12)45-79-59-97(117-27-7)77(57-98(79)118-28-8)43-75-55-93(113-23-3)73(53-94(75)114-24-4)41-71(91)52-92(72)112-22-2/h51-70H,21-50H2,1-20H3. The van der Waals surface area contributed by atoms with E-state index in [0.717, 1.165) is 226 Å². The Bertz CT molecular complexity index is 3950. The van der Waals surface area contributed by atoms with Crippen molar-refractivity contribution in [1.29, 1.82) is 0 Å². The van der Waals surface area contributed by atoms with E-state index < -0.39 is 0 Å². The predicted molar refractivity (Wildman–Crippen MR) is 516 cm³/mol. The van der Waals surface area contributed by atoms with Crippen LogP contribution in [0, 0.1) is 0 Å². The highest BCUT2D eigenvalue weighted by atomic mass is 16.5. The summed E-state index contributed by atoms with van der Waals surface area (Å²) in [5, 5.41) is 0. The summed E-state index contributed by atoms with van der Waals surface area (Å²) in [7, 11) is 0. The fourth-order valence-corrected chi connectivity index (χ4v) is 17.1. The molecule has 0 heterocycles. The Morgan fingerprint density at radius 1 is 0.100 bits per heavy atom. The summed E-state index contributed by atoms with van der Waals surface area (Å²) < 4.78 is 133. The lowest BCUT2D eigenvalue weighted by Crippen LogP contribution is -2.09. The minimum absolute atomic E-state index is 0.427. The summed E-state index contributed by atoms with van der Waals surface area (Å²) in [6.07, 6.45) is 4.40. The molecule has 0 radical (unpaired) electrons. The van der Waals surface area contributed by atoms with Crippen LogP contribution in [0.5, 0.6) is 115 Å². The van der Waals surface area contributed by atoms with E-state index in [0.29, 0.717) is 196 Å². The molecule has 0 aromatic heterocycles. The maximum atomic E-state index is 6.66. The molecule has 10 aromatic rings. The molecule has 0 saturated carbocycles. The van der Waals surface area contributed by atoms with Crippen LogP contribution in [0.2, 0.25) is 0 Å². The molecular weight excluding hydrogens is 1640 g/mol. The highest BCUT2D eigenvalue weighted by molar-refractivity contribution is 5.64. The molecule has 0 amide bonds. The Morgan fingerprint density at radius 2 is 0.146 bits per heavy atom. The topological polar surface area (TPSA) is 185 Å². The van der Waals surface area contributed by atoms with Gasteiger partial charge in [0, 0.05) is 175 Å². The zero-order valence-electron chi connectivity index (χ0n) is 80.9. The maximum absolute atomic E-state index is 6.66. The van der Waals surface area contributed by atoms with Crippen molar-refractivity contribution in [1.82, 2.24) is 0 Å². The average molecular weight is 1780 g/mol. The van der Waals surface area contributed by atoms with Gasteiger partial charge >= 0.3 is 0 Å². The van der Waals surface area contributed by atoms with Crippen LogP contribution in [0.3, 0.4) is 0 Å². The summed E-state index contributed by atoms with van der Waals surface area (Å²) in [6.45, 7) is 48.7. The maximum Gasteiger partial charge on any atom is 0.123 e. The number of rotatable bonds is 40. The van der Waals surface area contributed by atoms with Crippen molar-refractivity contribution < 1.29 is 94.7 Å². The second-order valence-electron chi connectivity index (χ2n) is 31.1. The summed E-state index contributed by atoms with van der Waals surface area (Å²) in [4.78, 5) is 0. The van der Waals surface area contributed by atoms with Crippen LogP contribution in [0.15, 0.2) is 121 Å². The Hall–Kier alpha value is -11.8. The second kappa shape index (κ2) is 49.8. The molecule has 20 bridgehead atoms. The third kappa shape index (κ3) is 25.0. The molecular formula is C110H140O20. The van der Waals surface area contributed by atoms with Gasteiger partial charge < -0.3 is 94.7 Å². The van der Waals surface area contributed by atoms with Crippen molar-refractivity contribution in [3.05, 3.63) is 233 Å². The molecule has 28 aliphatic carbocycles. The smallest absolute Gasteiger partial charge is 0.123 e. The summed E-state index contributed by atoms with van der Waals surface area (Å²) in [5.74, 6) is 14.5. The van der Waals surface area contributed by atoms with Crippen LogP contribution in [0.4, 0.5) is 0 Å². The minimum Gasteiger partial charge on any atom is -0.494 e. The molecule has 20 nitrogen and oxygen atoms in total. The van der Waals surface area contributed by atoms with Crippen LogP contribution in [-0.4, -0.2) is 132 Å². The van der Waals surface area contributed by atoms with Gasteiger partial charge in [-0.1, -0.05) is 0 Å². The van der Waals surface area contributed by atoms with Gasteiger partial charge in [-0.15, -0.1) is 0 Å². The number of hydrogen-bond donors (Lipinski definition) is 0. The molecule has 38 rings (SSSR count). The predicted octanol–water partition coefficient (Wildman–Crippen LogP) is 23.9. The lowest BCUT2D eigenvalue weighted by molar-refractivity contribution is 0.319. The Labute approximate surface area is 772 Å². The molecule has 0 aliphatic heterocycles. The molecule has 0 spiro atoms. The van der Waals surface area contributed by atoms with Crippen LogP contribution in [-0.2, 0) is 64.2 Å². The van der Waals surface area contributed by atoms with Gasteiger partial charge in [0.05, 0.1) is 132 Å². The highest BCUT2D eigenvalue weighted by Crippen LogP contribution is 2.48. The van der Waals surface area contributed by atoms with Crippen molar-refractivity contribution in [3.63, 3.8) is 0 Å². The van der Waals surface area contributed by atoms with Gasteiger partial charge in [-0.2, -0.15) is 0 Å². The second-order valence-corrected chi connectivity index (χ2v) is 31.1. The van der Waals surface area contributed by atoms with Gasteiger partial charge in [0.2, 0.25) is 0 Å². The number of ether oxygens (including phenoxy) is 20. The fraction of sp³-hybridized carbons (Fsp3) is 0.455. The number of benzene rings is 10. The van der Waals surface area contributed by atoms with Crippen molar-refractivity contribution >= 4 is 0 Å². The van der Waals surface area contributed by atoms with Crippen molar-refractivity contribution in [2.75, 3.05) is 132 Å². The molecule has 0 saturated heterocycles. The molecule has 700 valence electrons. The van der Waals surface area contributed by atoms with Gasteiger partial charge in [0.15, 0.2) is 0 Å². The van der Waals surface area contributed by atoms with E-state index >= 15 is 0 Å². The first-order valence-corrected chi connectivity index (χ1v) is 47.6. The molecule has 0 N–H and O–H groups in total. The molecule has 20 heteroatoms. The van der Waals surface area contributed by atoms with Gasteiger partial charge in [0.1, 0.15) is 115 Å². The first kappa shape index (κ1) is 98.8. The minimum atomic E-state index is 0.427. The summed E-state index contributed by atoms with van der Waals surface area (Å²) in [6, 6.07) is 42.4. The summed E-state index contributed by atoms with van der Waals surface area (Å²) >= 11 is 0. The van der Waals surface area contributed by atoms with Gasteiger partial charge in [-0.3, -0.25) is 0 Å². The monoisotopic (exact) mass is 1780 g/mol. The lowest BCUT2D eigenvalue weighted by Gasteiger charge is -2.23. The Morgan fingerprint density at radius 3 is 0.185 bits per heavy atom. The fourth-order valence-electron chi connectivity index (χ4n) is 17.1. The SMILES string of the molecule is CCOc1cc2c(OCC)cc1Cc1cc(OCC)c(cc1OCC)Cc1cc(OCC)c(cc1OCC)Cc1cc(OCC)c(cc1OCC)Cc1cc(OCC)c(cc1OCC)Cc1cc(OCC)c(cc1OCC)Cc1cc(OCC)c(cc1OCC)Cc1cc(OCC)c(cc1OCC)Cc1cc(OCC)c(cc1OCC)Cc1cc(OCC)c(cc1OCC)C2. The van der Waals surface area contributed by atoms with E-state index in [4.69, 9.17) is 94.7 Å². The molecule has 10 aromatic carbocycles. The molecule has 28 aliphatic rings. The third-order valence-electron chi connectivity index (χ3n) is 22.2. The van der Waals surface area contributed by atoms with E-state index in [9.17, 15) is 0 Å². The normalized spacial score (nSPS) is 12.2. The highest BCUT2D eigenvalue weighted by Gasteiger charge is 2.29. The van der Waals surface area contributed by atoms with Crippen molar-refractivity contribution in [2.45, 2.75) is 203 Å². The third-order valence-corrected chi connectivity index (χ3v) is 22.2. The van der Waals surface area contributed by atoms with E-state index in [1.807, 2.05) is 138 Å².